The number of nitrogens with zero attached hydrogens (tertiary/aromatic N) is 11. The maximum absolute atomic E-state index is 12.8. The highest BCUT2D eigenvalue weighted by molar-refractivity contribution is 6.31. The Balaban J connectivity index is 0.000000183. The van der Waals surface area contributed by atoms with E-state index in [0.29, 0.717) is 116 Å². The quantitative estimate of drug-likeness (QED) is 0.0103. The minimum absolute atomic E-state index is 0.0718. The molecule has 3 fully saturated rings. The van der Waals surface area contributed by atoms with Gasteiger partial charge in [-0.25, -0.2) is 34.9 Å². The number of carboxylic acid groups (broad SMARTS) is 3. The van der Waals surface area contributed by atoms with E-state index in [0.717, 1.165) is 99.9 Å². The molecular formula is C76H84Cl3N15O11. The Bertz CT molecular complexity index is 4460. The van der Waals surface area contributed by atoms with Crippen LogP contribution in [0.25, 0.3) is 0 Å². The molecule has 2 aliphatic heterocycles. The molecule has 1 aliphatic carbocycles. The van der Waals surface area contributed by atoms with Gasteiger partial charge in [-0.05, 0) is 159 Å². The van der Waals surface area contributed by atoms with Crippen molar-refractivity contribution in [2.45, 2.75) is 118 Å². The number of nitrogens with two attached hydrogens (primary N) is 1. The molecule has 0 bridgehead atoms. The fourth-order valence-electron chi connectivity index (χ4n) is 12.5. The van der Waals surface area contributed by atoms with Crippen LogP contribution in [0.5, 0.6) is 0 Å². The third-order valence-electron chi connectivity index (χ3n) is 18.0. The number of hydrogen-bond acceptors (Lipinski definition) is 18. The summed E-state index contributed by atoms with van der Waals surface area (Å²) in [4.78, 5) is 119. The fourth-order valence-corrected chi connectivity index (χ4v) is 13.3. The number of carboxylic acids is 3. The number of carbonyl (C=O) groups is 6. The number of aliphatic imine (C=N–C) groups is 1. The smallest absolute Gasteiger partial charge is 0.308 e. The molecule has 0 radical (unpaired) electrons. The van der Waals surface area contributed by atoms with Gasteiger partial charge in [-0.15, -0.1) is 0 Å². The predicted molar refractivity (Wildman–Crippen MR) is 406 cm³/mol. The highest BCUT2D eigenvalue weighted by atomic mass is 35.5. The van der Waals surface area contributed by atoms with Gasteiger partial charge in [-0.2, -0.15) is 0 Å². The summed E-state index contributed by atoms with van der Waals surface area (Å²) in [6.07, 6.45) is 8.71. The molecule has 0 spiro atoms. The molecule has 3 amide bonds. The SMILES string of the molecule is CC(N)=Nc1ccc(C(=O)Nc2ccc(Cc3nc(Cl)c(CC(=O)O)c(N4CCCC4)n3)cc2)cc1.CN(C)c1nc(Cc2ccc(NC(=O)C3CCC(C(C)(C)C)CC3)cc2)nc(Cl)c1CC(=O)O.O=C(O)Cc1c(Cl)nc(Cc2ccc(NC(=O)c3ccc([N+](=O)[O-])cc3)cc2)nc1N1CCCC1. The minimum Gasteiger partial charge on any atom is -0.481 e. The van der Waals surface area contributed by atoms with E-state index in [1.807, 2.05) is 65.6 Å². The lowest BCUT2D eigenvalue weighted by Gasteiger charge is -2.36. The van der Waals surface area contributed by atoms with E-state index in [1.165, 1.54) is 24.3 Å². The Kier molecular flexibility index (Phi) is 27.0. The van der Waals surface area contributed by atoms with Crippen molar-refractivity contribution in [3.05, 3.63) is 209 Å². The first-order valence-electron chi connectivity index (χ1n) is 34.4. The van der Waals surface area contributed by atoms with Gasteiger partial charge in [0, 0.05) is 122 Å². The zero-order valence-corrected chi connectivity index (χ0v) is 61.4. The highest BCUT2D eigenvalue weighted by Gasteiger charge is 2.33. The molecule has 11 rings (SSSR count). The van der Waals surface area contributed by atoms with Crippen molar-refractivity contribution < 1.29 is 49.0 Å². The van der Waals surface area contributed by atoms with E-state index in [-0.39, 0.29) is 64.0 Å². The number of amidine groups is 1. The van der Waals surface area contributed by atoms with Crippen LogP contribution in [0.3, 0.4) is 0 Å². The van der Waals surface area contributed by atoms with E-state index in [1.54, 1.807) is 62.3 Å². The van der Waals surface area contributed by atoms with Crippen LogP contribution in [0, 0.1) is 27.4 Å². The normalized spacial score (nSPS) is 15.0. The molecule has 3 aromatic heterocycles. The number of carbonyl (C=O) groups excluding carboxylic acids is 3. The summed E-state index contributed by atoms with van der Waals surface area (Å²) < 4.78 is 0. The molecule has 2 saturated heterocycles. The van der Waals surface area contributed by atoms with Crippen LogP contribution in [0.4, 0.5) is 45.9 Å². The van der Waals surface area contributed by atoms with Crippen molar-refractivity contribution in [1.29, 1.82) is 0 Å². The monoisotopic (exact) mass is 1490 g/mol. The molecule has 5 aromatic carbocycles. The second kappa shape index (κ2) is 36.1. The number of amides is 3. The van der Waals surface area contributed by atoms with Gasteiger partial charge in [0.1, 0.15) is 50.4 Å². The topological polar surface area (TPSA) is 368 Å². The van der Waals surface area contributed by atoms with Crippen LogP contribution < -0.4 is 36.4 Å². The van der Waals surface area contributed by atoms with Crippen LogP contribution >= 0.6 is 34.8 Å². The van der Waals surface area contributed by atoms with Gasteiger partial charge < -0.3 is 51.7 Å². The maximum Gasteiger partial charge on any atom is 0.308 e. The molecule has 29 heteroatoms. The number of anilines is 6. The molecule has 3 aliphatic rings. The number of nitro groups is 1. The predicted octanol–water partition coefficient (Wildman–Crippen LogP) is 13.5. The van der Waals surface area contributed by atoms with E-state index >= 15 is 0 Å². The molecule has 105 heavy (non-hydrogen) atoms. The van der Waals surface area contributed by atoms with Gasteiger partial charge in [0.05, 0.1) is 35.7 Å². The van der Waals surface area contributed by atoms with Gasteiger partial charge in [0.15, 0.2) is 0 Å². The minimum atomic E-state index is -0.991. The first kappa shape index (κ1) is 78.4. The average molecular weight is 1490 g/mol. The standard InChI is InChI=1S/C26H27ClN6O3.C26H35ClN4O3.C24H22ClN5O5/c1-16(28)29-19-10-6-18(7-11-19)26(36)30-20-8-4-17(5-9-20)14-22-31-24(27)21(15-23(34)35)25(32-22)33-12-2-3-13-33;1-26(2,3)18-10-8-17(9-11-18)25(34)28-19-12-6-16(7-13-19)14-21-29-23(27)20(15-22(32)33)24(30-21)31(4)5;25-22-19(14-21(31)32)23(29-11-1-2-12-29)28-20(27-22)13-15-3-7-17(8-4-15)26-24(33)16-5-9-18(10-6-16)30(34)35/h4-11H,2-3,12-15H2,1H3,(H2,28,29)(H,30,36)(H,34,35);6-7,12-13,17-18H,8-11,14-15H2,1-5H3,(H,28,34)(H,32,33);3-10H,1-2,11-14H2,(H,26,33)(H,31,32). The van der Waals surface area contributed by atoms with Crippen LogP contribution in [0.2, 0.25) is 15.5 Å². The summed E-state index contributed by atoms with van der Waals surface area (Å²) in [6, 6.07) is 34.4. The van der Waals surface area contributed by atoms with Crippen LogP contribution in [0.15, 0.2) is 126 Å². The molecule has 0 unspecified atom stereocenters. The molecule has 1 saturated carbocycles. The summed E-state index contributed by atoms with van der Waals surface area (Å²) >= 11 is 19.1. The van der Waals surface area contributed by atoms with Gasteiger partial charge in [-0.3, -0.25) is 38.9 Å². The number of rotatable bonds is 23. The van der Waals surface area contributed by atoms with Gasteiger partial charge in [0.25, 0.3) is 17.5 Å². The van der Waals surface area contributed by atoms with Crippen molar-refractivity contribution in [3.8, 4) is 0 Å². The summed E-state index contributed by atoms with van der Waals surface area (Å²) in [6.45, 7) is 11.8. The number of nitrogens with one attached hydrogen (secondary N) is 3. The first-order valence-corrected chi connectivity index (χ1v) is 35.5. The third kappa shape index (κ3) is 22.7. The van der Waals surface area contributed by atoms with Crippen molar-refractivity contribution >= 4 is 122 Å². The third-order valence-corrected chi connectivity index (χ3v) is 18.9. The Labute approximate surface area is 623 Å². The van der Waals surface area contributed by atoms with E-state index in [9.17, 15) is 49.1 Å². The first-order chi connectivity index (χ1) is 50.0. The fraction of sp³-hybridized carbons (Fsp3) is 0.355. The van der Waals surface area contributed by atoms with Gasteiger partial charge in [0.2, 0.25) is 5.91 Å². The summed E-state index contributed by atoms with van der Waals surface area (Å²) in [5.74, 6) is 0.921. The molecular weight excluding hydrogens is 1410 g/mol. The Morgan fingerprint density at radius 3 is 1.27 bits per heavy atom. The molecule has 5 heterocycles. The Hall–Kier alpha value is -10.7. The second-order valence-corrected chi connectivity index (χ2v) is 28.3. The molecule has 550 valence electrons. The number of nitro benzene ring substituents is 1. The van der Waals surface area contributed by atoms with Crippen LogP contribution in [-0.2, 0) is 57.7 Å². The van der Waals surface area contributed by atoms with E-state index < -0.39 is 22.8 Å². The van der Waals surface area contributed by atoms with Crippen molar-refractivity contribution in [2.75, 3.05) is 70.9 Å². The zero-order chi connectivity index (χ0) is 75.6. The summed E-state index contributed by atoms with van der Waals surface area (Å²) in [5, 5.41) is 47.6. The largest absolute Gasteiger partial charge is 0.481 e. The molecule has 8 N–H and O–H groups in total. The van der Waals surface area contributed by atoms with E-state index in [2.05, 4.69) is 76.5 Å². The van der Waals surface area contributed by atoms with Crippen molar-refractivity contribution in [2.24, 2.45) is 28.0 Å². The average Bonchev–Trinajstić information content (AvgIpc) is 1.79. The molecule has 8 aromatic rings. The molecule has 0 atom stereocenters. The lowest BCUT2D eigenvalue weighted by atomic mass is 9.69. The molecule has 26 nitrogen and oxygen atoms in total. The zero-order valence-electron chi connectivity index (χ0n) is 59.2. The van der Waals surface area contributed by atoms with Crippen LogP contribution in [0.1, 0.15) is 151 Å². The number of benzene rings is 5. The second-order valence-electron chi connectivity index (χ2n) is 27.2. The Morgan fingerprint density at radius 2 is 0.905 bits per heavy atom. The number of halogens is 3. The highest BCUT2D eigenvalue weighted by Crippen LogP contribution is 2.40. The number of aromatic nitrogens is 6. The van der Waals surface area contributed by atoms with Crippen LogP contribution in [-0.4, -0.2) is 132 Å². The van der Waals surface area contributed by atoms with Gasteiger partial charge >= 0.3 is 17.9 Å². The summed E-state index contributed by atoms with van der Waals surface area (Å²) in [5.41, 5.74) is 13.3. The maximum atomic E-state index is 12.8. The number of hydrogen-bond donors (Lipinski definition) is 7. The number of aliphatic carboxylic acids is 3. The lowest BCUT2D eigenvalue weighted by Crippen LogP contribution is -2.31. The van der Waals surface area contributed by atoms with Crippen molar-refractivity contribution in [3.63, 3.8) is 0 Å². The number of non-ortho nitro benzene ring substituents is 1. The van der Waals surface area contributed by atoms with E-state index in [4.69, 9.17) is 45.6 Å². The van der Waals surface area contributed by atoms with Crippen molar-refractivity contribution in [1.82, 2.24) is 29.9 Å². The summed E-state index contributed by atoms with van der Waals surface area (Å²) in [7, 11) is 3.59. The van der Waals surface area contributed by atoms with Gasteiger partial charge in [-0.1, -0.05) is 92.0 Å². The lowest BCUT2D eigenvalue weighted by molar-refractivity contribution is -0.384. The Morgan fingerprint density at radius 1 is 0.543 bits per heavy atom.